The summed E-state index contributed by atoms with van der Waals surface area (Å²) in [6.45, 7) is 18.2. The molecule has 0 atom stereocenters. The third-order valence-corrected chi connectivity index (χ3v) is 5.31. The fourth-order valence-corrected chi connectivity index (χ4v) is 4.25. The number of carbonyl (C=O) groups excluding carboxylic acids is 2. The highest BCUT2D eigenvalue weighted by Crippen LogP contribution is 2.30. The highest BCUT2D eigenvalue weighted by atomic mass is 16.5. The van der Waals surface area contributed by atoms with Crippen LogP contribution in [0.4, 0.5) is 0 Å². The van der Waals surface area contributed by atoms with Crippen LogP contribution in [0.25, 0.3) is 0 Å². The maximum Gasteiger partial charge on any atom is 0.339 e. The molecule has 30 heavy (non-hydrogen) atoms. The van der Waals surface area contributed by atoms with Gasteiger partial charge in [-0.15, -0.1) is 0 Å². The normalized spacial score (nSPS) is 12.3. The first-order valence-corrected chi connectivity index (χ1v) is 11.3. The van der Waals surface area contributed by atoms with Crippen LogP contribution < -0.4 is 0 Å². The van der Waals surface area contributed by atoms with Crippen molar-refractivity contribution >= 4 is 11.9 Å². The predicted octanol–water partition coefficient (Wildman–Crippen LogP) is 6.93. The SMILES string of the molecule is CC(C)CC(C)(C)CCOC(=O)c1ccccc1C(=O)OCCC(C)(C)CC(C)C. The molecular weight excluding hydrogens is 376 g/mol. The van der Waals surface area contributed by atoms with Crippen molar-refractivity contribution in [2.24, 2.45) is 22.7 Å². The van der Waals surface area contributed by atoms with E-state index in [1.807, 2.05) is 0 Å². The van der Waals surface area contributed by atoms with Gasteiger partial charge < -0.3 is 9.47 Å². The van der Waals surface area contributed by atoms with E-state index >= 15 is 0 Å². The largest absolute Gasteiger partial charge is 0.462 e. The highest BCUT2D eigenvalue weighted by Gasteiger charge is 2.24. The first-order valence-electron chi connectivity index (χ1n) is 11.3. The maximum absolute atomic E-state index is 12.6. The van der Waals surface area contributed by atoms with Crippen LogP contribution in [-0.4, -0.2) is 25.2 Å². The van der Waals surface area contributed by atoms with Crippen LogP contribution >= 0.6 is 0 Å². The zero-order valence-corrected chi connectivity index (χ0v) is 20.3. The second kappa shape index (κ2) is 11.5. The molecule has 0 amide bonds. The van der Waals surface area contributed by atoms with Crippen LogP contribution in [0, 0.1) is 22.7 Å². The van der Waals surface area contributed by atoms with E-state index in [-0.39, 0.29) is 22.0 Å². The van der Waals surface area contributed by atoms with Gasteiger partial charge in [0.2, 0.25) is 0 Å². The molecule has 4 nitrogen and oxygen atoms in total. The molecule has 0 aromatic heterocycles. The number of hydrogen-bond donors (Lipinski definition) is 0. The number of carbonyl (C=O) groups is 2. The number of ether oxygens (including phenoxy) is 2. The van der Waals surface area contributed by atoms with Crippen molar-refractivity contribution in [3.05, 3.63) is 35.4 Å². The lowest BCUT2D eigenvalue weighted by Gasteiger charge is -2.26. The Balaban J connectivity index is 2.66. The van der Waals surface area contributed by atoms with E-state index in [4.69, 9.17) is 9.47 Å². The van der Waals surface area contributed by atoms with Gasteiger partial charge in [-0.3, -0.25) is 0 Å². The molecule has 0 heterocycles. The summed E-state index contributed by atoms with van der Waals surface area (Å²) in [6.07, 6.45) is 3.71. The van der Waals surface area contributed by atoms with Gasteiger partial charge in [-0.25, -0.2) is 9.59 Å². The predicted molar refractivity (Wildman–Crippen MR) is 123 cm³/mol. The molecule has 1 aromatic rings. The summed E-state index contributed by atoms with van der Waals surface area (Å²) >= 11 is 0. The van der Waals surface area contributed by atoms with Crippen molar-refractivity contribution in [3.8, 4) is 0 Å². The van der Waals surface area contributed by atoms with Gasteiger partial charge in [0, 0.05) is 0 Å². The Morgan fingerprint density at radius 2 is 1.07 bits per heavy atom. The number of benzene rings is 1. The van der Waals surface area contributed by atoms with Crippen molar-refractivity contribution in [2.45, 2.75) is 81.1 Å². The van der Waals surface area contributed by atoms with E-state index in [1.165, 1.54) is 0 Å². The molecule has 0 aliphatic rings. The van der Waals surface area contributed by atoms with Crippen LogP contribution in [0.5, 0.6) is 0 Å². The van der Waals surface area contributed by atoms with E-state index in [2.05, 4.69) is 55.4 Å². The molecule has 0 saturated heterocycles. The summed E-state index contributed by atoms with van der Waals surface area (Å²) in [5.41, 5.74) is 0.752. The highest BCUT2D eigenvalue weighted by molar-refractivity contribution is 6.03. The first-order chi connectivity index (χ1) is 13.8. The molecule has 0 N–H and O–H groups in total. The molecule has 4 heteroatoms. The van der Waals surface area contributed by atoms with Crippen LogP contribution in [0.15, 0.2) is 24.3 Å². The molecule has 0 aliphatic heterocycles. The Morgan fingerprint density at radius 1 is 0.733 bits per heavy atom. The van der Waals surface area contributed by atoms with Crippen molar-refractivity contribution in [1.29, 1.82) is 0 Å². The molecule has 0 saturated carbocycles. The first kappa shape index (κ1) is 26.2. The van der Waals surface area contributed by atoms with E-state index in [0.717, 1.165) is 25.7 Å². The molecule has 0 bridgehead atoms. The zero-order chi connectivity index (χ0) is 22.9. The second-order valence-electron chi connectivity index (χ2n) is 10.8. The summed E-state index contributed by atoms with van der Waals surface area (Å²) in [4.78, 5) is 25.2. The van der Waals surface area contributed by atoms with Crippen molar-refractivity contribution < 1.29 is 19.1 Å². The Kier molecular flexibility index (Phi) is 10.1. The molecule has 0 fully saturated rings. The van der Waals surface area contributed by atoms with Crippen molar-refractivity contribution in [3.63, 3.8) is 0 Å². The Morgan fingerprint density at radius 3 is 1.37 bits per heavy atom. The quantitative estimate of drug-likeness (QED) is 0.346. The Bertz CT molecular complexity index is 627. The smallest absolute Gasteiger partial charge is 0.339 e. The lowest BCUT2D eigenvalue weighted by molar-refractivity contribution is 0.0400. The van der Waals surface area contributed by atoms with E-state index in [1.54, 1.807) is 24.3 Å². The lowest BCUT2D eigenvalue weighted by atomic mass is 9.81. The summed E-state index contributed by atoms with van der Waals surface area (Å²) in [5.74, 6) is 0.250. The van der Waals surface area contributed by atoms with Gasteiger partial charge in [0.05, 0.1) is 24.3 Å². The number of esters is 2. The molecule has 0 unspecified atom stereocenters. The Labute approximate surface area is 183 Å². The fourth-order valence-electron chi connectivity index (χ4n) is 4.25. The van der Waals surface area contributed by atoms with E-state index in [9.17, 15) is 9.59 Å². The minimum absolute atomic E-state index is 0.107. The van der Waals surface area contributed by atoms with E-state index < -0.39 is 11.9 Å². The van der Waals surface area contributed by atoms with Gasteiger partial charge in [0.1, 0.15) is 0 Å². The molecular formula is C26H42O4. The van der Waals surface area contributed by atoms with Gasteiger partial charge in [-0.2, -0.15) is 0 Å². The molecule has 0 radical (unpaired) electrons. The second-order valence-corrected chi connectivity index (χ2v) is 10.8. The van der Waals surface area contributed by atoms with Gasteiger partial charge in [0.25, 0.3) is 0 Å². The van der Waals surface area contributed by atoms with Gasteiger partial charge >= 0.3 is 11.9 Å². The monoisotopic (exact) mass is 418 g/mol. The third kappa shape index (κ3) is 9.77. The van der Waals surface area contributed by atoms with Gasteiger partial charge in [-0.1, -0.05) is 67.5 Å². The molecule has 0 spiro atoms. The topological polar surface area (TPSA) is 52.6 Å². The maximum atomic E-state index is 12.6. The van der Waals surface area contributed by atoms with Crippen molar-refractivity contribution in [2.75, 3.05) is 13.2 Å². The Hall–Kier alpha value is -1.84. The van der Waals surface area contributed by atoms with Crippen LogP contribution in [0.1, 0.15) is 102 Å². The summed E-state index contributed by atoms with van der Waals surface area (Å²) < 4.78 is 11.0. The third-order valence-electron chi connectivity index (χ3n) is 5.31. The minimum atomic E-state index is -0.469. The van der Waals surface area contributed by atoms with Crippen molar-refractivity contribution in [1.82, 2.24) is 0 Å². The summed E-state index contributed by atoms with van der Waals surface area (Å²) in [5, 5.41) is 0. The average molecular weight is 419 g/mol. The molecule has 0 aliphatic carbocycles. The van der Waals surface area contributed by atoms with E-state index in [0.29, 0.717) is 25.0 Å². The summed E-state index contributed by atoms with van der Waals surface area (Å²) in [7, 11) is 0. The lowest BCUT2D eigenvalue weighted by Crippen LogP contribution is -2.21. The standard InChI is InChI=1S/C26H42O4/c1-19(2)17-25(5,6)13-15-29-23(27)21-11-9-10-12-22(21)24(28)30-16-14-26(7,8)18-20(3)4/h9-12,19-20H,13-18H2,1-8H3. The van der Waals surface area contributed by atoms with Crippen LogP contribution in [0.2, 0.25) is 0 Å². The van der Waals surface area contributed by atoms with Gasteiger partial charge in [0.15, 0.2) is 0 Å². The van der Waals surface area contributed by atoms with Crippen LogP contribution in [-0.2, 0) is 9.47 Å². The van der Waals surface area contributed by atoms with Crippen LogP contribution in [0.3, 0.4) is 0 Å². The fraction of sp³-hybridized carbons (Fsp3) is 0.692. The minimum Gasteiger partial charge on any atom is -0.462 e. The average Bonchev–Trinajstić information content (AvgIpc) is 2.58. The molecule has 170 valence electrons. The number of rotatable bonds is 12. The number of hydrogen-bond acceptors (Lipinski definition) is 4. The molecule has 1 rings (SSSR count). The van der Waals surface area contributed by atoms with Gasteiger partial charge in [-0.05, 0) is 60.5 Å². The molecule has 1 aromatic carbocycles. The summed E-state index contributed by atoms with van der Waals surface area (Å²) in [6, 6.07) is 6.73. The zero-order valence-electron chi connectivity index (χ0n) is 20.3.